The lowest BCUT2D eigenvalue weighted by molar-refractivity contribution is 0.105. The molecule has 0 aliphatic carbocycles. The minimum absolute atomic E-state index is 0.0514. The molecule has 1 atom stereocenters. The maximum atomic E-state index is 13.9. The molecule has 176 valence electrons. The van der Waals surface area contributed by atoms with Crippen molar-refractivity contribution in [3.05, 3.63) is 66.2 Å². The van der Waals surface area contributed by atoms with Crippen molar-refractivity contribution in [1.29, 1.82) is 0 Å². The third-order valence-corrected chi connectivity index (χ3v) is 5.96. The fraction of sp³-hybridized carbons (Fsp3) is 0.519. The summed E-state index contributed by atoms with van der Waals surface area (Å²) >= 11 is 0. The van der Waals surface area contributed by atoms with E-state index in [0.29, 0.717) is 19.7 Å². The number of likely N-dealkylation sites (N-methyl/N-ethyl adjacent to an activating group) is 1. The molecule has 0 spiro atoms. The molecule has 0 N–H and O–H groups in total. The SMILES string of the molecule is CCC(c1ccccc1)N(CCN(CC)CC)C(=O)N(CCOc1ccccc1)C(C)C. The number of benzene rings is 2. The van der Waals surface area contributed by atoms with Gasteiger partial charge in [-0.2, -0.15) is 0 Å². The third-order valence-electron chi connectivity index (χ3n) is 5.96. The summed E-state index contributed by atoms with van der Waals surface area (Å²) in [6, 6.07) is 20.4. The Kier molecular flexibility index (Phi) is 11.1. The number of carbonyl (C=O) groups is 1. The van der Waals surface area contributed by atoms with Gasteiger partial charge in [0.1, 0.15) is 12.4 Å². The highest BCUT2D eigenvalue weighted by Crippen LogP contribution is 2.26. The summed E-state index contributed by atoms with van der Waals surface area (Å²) in [5, 5.41) is 0. The van der Waals surface area contributed by atoms with Crippen molar-refractivity contribution in [3.8, 4) is 5.75 Å². The lowest BCUT2D eigenvalue weighted by Gasteiger charge is -2.38. The number of amides is 2. The summed E-state index contributed by atoms with van der Waals surface area (Å²) in [5.41, 5.74) is 1.19. The van der Waals surface area contributed by atoms with Crippen LogP contribution >= 0.6 is 0 Å². The lowest BCUT2D eigenvalue weighted by atomic mass is 10.0. The average Bonchev–Trinajstić information content (AvgIpc) is 2.82. The highest BCUT2D eigenvalue weighted by molar-refractivity contribution is 5.75. The number of ether oxygens (including phenoxy) is 1. The molecule has 0 fully saturated rings. The van der Waals surface area contributed by atoms with Gasteiger partial charge in [-0.15, -0.1) is 0 Å². The van der Waals surface area contributed by atoms with Crippen molar-refractivity contribution >= 4 is 6.03 Å². The zero-order chi connectivity index (χ0) is 23.3. The van der Waals surface area contributed by atoms with Gasteiger partial charge in [0.15, 0.2) is 0 Å². The zero-order valence-corrected chi connectivity index (χ0v) is 20.5. The number of nitrogens with zero attached hydrogens (tertiary/aromatic N) is 3. The van der Waals surface area contributed by atoms with E-state index >= 15 is 0 Å². The topological polar surface area (TPSA) is 36.0 Å². The number of hydrogen-bond donors (Lipinski definition) is 0. The number of para-hydroxylation sites is 1. The Balaban J connectivity index is 2.19. The fourth-order valence-corrected chi connectivity index (χ4v) is 4.00. The molecule has 1 unspecified atom stereocenters. The van der Waals surface area contributed by atoms with Crippen molar-refractivity contribution in [2.75, 3.05) is 39.3 Å². The first kappa shape index (κ1) is 25.7. The molecule has 0 heterocycles. The average molecular weight is 440 g/mol. The molecular weight excluding hydrogens is 398 g/mol. The molecule has 0 saturated carbocycles. The van der Waals surface area contributed by atoms with E-state index < -0.39 is 0 Å². The van der Waals surface area contributed by atoms with Crippen molar-refractivity contribution in [3.63, 3.8) is 0 Å². The lowest BCUT2D eigenvalue weighted by Crippen LogP contribution is -2.51. The van der Waals surface area contributed by atoms with Crippen molar-refractivity contribution < 1.29 is 9.53 Å². The van der Waals surface area contributed by atoms with E-state index in [4.69, 9.17) is 4.74 Å². The van der Waals surface area contributed by atoms with Gasteiger partial charge < -0.3 is 19.4 Å². The van der Waals surface area contributed by atoms with Crippen LogP contribution in [-0.4, -0.2) is 66.1 Å². The van der Waals surface area contributed by atoms with Crippen LogP contribution in [0.5, 0.6) is 5.75 Å². The molecule has 32 heavy (non-hydrogen) atoms. The molecule has 2 amide bonds. The highest BCUT2D eigenvalue weighted by atomic mass is 16.5. The molecule has 0 radical (unpaired) electrons. The van der Waals surface area contributed by atoms with Crippen LogP contribution in [0.25, 0.3) is 0 Å². The predicted octanol–water partition coefficient (Wildman–Crippen LogP) is 5.69. The Hall–Kier alpha value is -2.53. The van der Waals surface area contributed by atoms with Gasteiger partial charge in [-0.1, -0.05) is 69.3 Å². The summed E-state index contributed by atoms with van der Waals surface area (Å²) in [6.45, 7) is 15.2. The third kappa shape index (κ3) is 7.56. The smallest absolute Gasteiger partial charge is 0.320 e. The van der Waals surface area contributed by atoms with Crippen LogP contribution in [0.15, 0.2) is 60.7 Å². The van der Waals surface area contributed by atoms with Crippen LogP contribution in [0.4, 0.5) is 4.79 Å². The Bertz CT molecular complexity index is 763. The summed E-state index contributed by atoms with van der Waals surface area (Å²) < 4.78 is 5.90. The standard InChI is InChI=1S/C27H41N3O2/c1-6-26(24-15-11-9-12-16-24)30(20-19-28(7-2)8-3)27(31)29(23(4)5)21-22-32-25-17-13-10-14-18-25/h9-18,23,26H,6-8,19-22H2,1-5H3. The minimum atomic E-state index is 0.0514. The molecule has 5 heteroatoms. The molecule has 0 saturated heterocycles. The summed E-state index contributed by atoms with van der Waals surface area (Å²) in [4.78, 5) is 20.2. The van der Waals surface area contributed by atoms with Crippen LogP contribution in [0.2, 0.25) is 0 Å². The Morgan fingerprint density at radius 3 is 1.94 bits per heavy atom. The number of carbonyl (C=O) groups excluding carboxylic acids is 1. The highest BCUT2D eigenvalue weighted by Gasteiger charge is 2.29. The summed E-state index contributed by atoms with van der Waals surface area (Å²) in [5.74, 6) is 0.831. The second-order valence-electron chi connectivity index (χ2n) is 8.29. The second kappa shape index (κ2) is 13.8. The maximum Gasteiger partial charge on any atom is 0.320 e. The van der Waals surface area contributed by atoms with Crippen molar-refractivity contribution in [2.24, 2.45) is 0 Å². The van der Waals surface area contributed by atoms with Gasteiger partial charge in [-0.05, 0) is 51.1 Å². The fourth-order valence-electron chi connectivity index (χ4n) is 4.00. The zero-order valence-electron chi connectivity index (χ0n) is 20.5. The second-order valence-corrected chi connectivity index (χ2v) is 8.29. The van der Waals surface area contributed by atoms with Crippen LogP contribution in [0.1, 0.15) is 52.6 Å². The minimum Gasteiger partial charge on any atom is -0.492 e. The van der Waals surface area contributed by atoms with Gasteiger partial charge in [-0.25, -0.2) is 4.79 Å². The first-order chi connectivity index (χ1) is 15.5. The normalized spacial score (nSPS) is 12.1. The maximum absolute atomic E-state index is 13.9. The summed E-state index contributed by atoms with van der Waals surface area (Å²) in [7, 11) is 0. The molecule has 0 aliphatic rings. The van der Waals surface area contributed by atoms with Gasteiger partial charge >= 0.3 is 6.03 Å². The molecule has 2 aromatic rings. The quantitative estimate of drug-likeness (QED) is 0.402. The predicted molar refractivity (Wildman–Crippen MR) is 133 cm³/mol. The van der Waals surface area contributed by atoms with E-state index in [2.05, 4.69) is 68.7 Å². The van der Waals surface area contributed by atoms with Gasteiger partial charge in [0.2, 0.25) is 0 Å². The molecule has 5 nitrogen and oxygen atoms in total. The summed E-state index contributed by atoms with van der Waals surface area (Å²) in [6.07, 6.45) is 0.875. The first-order valence-corrected chi connectivity index (χ1v) is 12.0. The molecule has 2 aromatic carbocycles. The van der Waals surface area contributed by atoms with E-state index in [1.165, 1.54) is 5.56 Å². The van der Waals surface area contributed by atoms with Gasteiger partial charge in [0.05, 0.1) is 12.6 Å². The largest absolute Gasteiger partial charge is 0.492 e. The monoisotopic (exact) mass is 439 g/mol. The first-order valence-electron chi connectivity index (χ1n) is 12.0. The van der Waals surface area contributed by atoms with Crippen LogP contribution < -0.4 is 4.74 Å². The number of hydrogen-bond acceptors (Lipinski definition) is 3. The number of urea groups is 1. The molecule has 0 bridgehead atoms. The Morgan fingerprint density at radius 1 is 0.812 bits per heavy atom. The van der Waals surface area contributed by atoms with Gasteiger partial charge in [0.25, 0.3) is 0 Å². The number of rotatable bonds is 13. The van der Waals surface area contributed by atoms with Gasteiger partial charge in [0, 0.05) is 19.1 Å². The van der Waals surface area contributed by atoms with E-state index in [9.17, 15) is 4.79 Å². The van der Waals surface area contributed by atoms with Gasteiger partial charge in [-0.3, -0.25) is 0 Å². The van der Waals surface area contributed by atoms with E-state index in [1.54, 1.807) is 0 Å². The van der Waals surface area contributed by atoms with Crippen LogP contribution in [0.3, 0.4) is 0 Å². The van der Waals surface area contributed by atoms with Crippen molar-refractivity contribution in [1.82, 2.24) is 14.7 Å². The molecule has 0 aromatic heterocycles. The molecular formula is C27H41N3O2. The molecule has 0 aliphatic heterocycles. The van der Waals surface area contributed by atoms with Crippen LogP contribution in [-0.2, 0) is 0 Å². The van der Waals surface area contributed by atoms with Crippen LogP contribution in [0, 0.1) is 0 Å². The Labute approximate surface area is 195 Å². The van der Waals surface area contributed by atoms with E-state index in [0.717, 1.165) is 31.8 Å². The van der Waals surface area contributed by atoms with Crippen molar-refractivity contribution in [2.45, 2.75) is 53.1 Å². The van der Waals surface area contributed by atoms with E-state index in [1.807, 2.05) is 41.3 Å². The Morgan fingerprint density at radius 2 is 1.41 bits per heavy atom. The van der Waals surface area contributed by atoms with E-state index in [-0.39, 0.29) is 18.1 Å². The molecule has 2 rings (SSSR count).